The number of likely N-dealkylation sites (tertiary alicyclic amines) is 4. The number of ketones is 4. The average molecular weight is 1890 g/mol. The van der Waals surface area contributed by atoms with Crippen LogP contribution in [-0.2, 0) is 25.7 Å². The van der Waals surface area contributed by atoms with Crippen molar-refractivity contribution >= 4 is 109 Å². The minimum absolute atomic E-state index is 0.0283. The molecule has 0 atom stereocenters. The predicted molar refractivity (Wildman–Crippen MR) is 527 cm³/mol. The second-order valence-electron chi connectivity index (χ2n) is 34.7. The molecule has 0 spiro atoms. The second kappa shape index (κ2) is 43.2. The lowest BCUT2D eigenvalue weighted by Gasteiger charge is -2.37. The maximum atomic E-state index is 14.3. The molecule has 4 N–H and O–H groups in total. The highest BCUT2D eigenvalue weighted by atomic mass is 32.1. The van der Waals surface area contributed by atoms with Crippen LogP contribution in [0.25, 0.3) is 40.3 Å². The van der Waals surface area contributed by atoms with Gasteiger partial charge in [-0.25, -0.2) is 4.39 Å². The lowest BCUT2D eigenvalue weighted by Crippen LogP contribution is -2.48. The topological polar surface area (TPSA) is 199 Å². The molecule has 135 heavy (non-hydrogen) atoms. The van der Waals surface area contributed by atoms with E-state index in [1.165, 1.54) is 75.0 Å². The van der Waals surface area contributed by atoms with Gasteiger partial charge >= 0.3 is 0 Å². The quantitative estimate of drug-likeness (QED) is 0.0229. The van der Waals surface area contributed by atoms with E-state index in [4.69, 9.17) is 18.9 Å². The second-order valence-corrected chi connectivity index (χ2v) is 38.9. The standard InChI is InChI=1S/2C28H26FNO3S.C27H23F2NO3S.C27H24FNO3S/c1-18-2-6-21(7-3-18)26(32)28-27(24-11-8-22(31)14-25(24)34-28)33-23-9-4-19(5-10-23)12-13-30-16-20(15-29)17-30;1-18-4-2-3-5-23(18)26(32)28-27(24-11-8-21(31)14-25(24)34-28)33-22-9-6-19(7-10-22)12-13-30-16-20(15-29)17-30;28-14-18-15-30(16-18)12-11-17-5-8-20(9-6-17)33-26-22-10-7-19(31)13-24(22)34-27(26)25(32)21-3-1-2-4-23(21)29;28-15-19-16-29(17-19)13-12-18-6-9-22(10-7-18)32-26-23-11-8-21(30)14-24(23)33-27(26)25(31)20-4-2-1-3-5-20/h2*2-11,14,20,31H,12-13,15-17H2,1H3;1-10,13,18,31H,11-12,14-16H2;1-11,14,19,30H,12-13,15-17H2. The van der Waals surface area contributed by atoms with Crippen molar-refractivity contribution in [2.75, 3.05) is 105 Å². The molecule has 4 aliphatic heterocycles. The number of carbonyl (C=O) groups is 4. The summed E-state index contributed by atoms with van der Waals surface area (Å²) in [5.41, 5.74) is 8.50. The fourth-order valence-electron chi connectivity index (χ4n) is 16.9. The lowest BCUT2D eigenvalue weighted by molar-refractivity contribution is 0.0824. The Bertz CT molecular complexity index is 6660. The Labute approximate surface area is 794 Å². The highest BCUT2D eigenvalue weighted by molar-refractivity contribution is 7.22. The van der Waals surface area contributed by atoms with E-state index in [2.05, 4.69) is 19.6 Å². The molecule has 4 aliphatic rings. The fourth-order valence-corrected chi connectivity index (χ4v) is 21.4. The SMILES string of the molecule is Cc1ccc(C(=O)c2sc3cc(O)ccc3c2Oc2ccc(CCN3CC(CF)C3)cc2)cc1.Cc1ccccc1C(=O)c1sc2cc(O)ccc2c1Oc1ccc(CCN2CC(CF)C2)cc1.O=C(c1ccccc1)c1sc2cc(O)ccc2c1Oc1ccc(CCN2CC(CF)C2)cc1.O=C(c1ccccc1F)c1sc2cc(O)ccc2c1Oc1ccc(CCN2CC(CF)C2)cc1. The van der Waals surface area contributed by atoms with Gasteiger partial charge in [0.15, 0.2) is 23.0 Å². The molecular formula is C110H99F5N4O12S4. The normalized spacial score (nSPS) is 14.3. The third-order valence-electron chi connectivity index (χ3n) is 24.6. The molecule has 0 aliphatic carbocycles. The number of rotatable bonds is 32. The summed E-state index contributed by atoms with van der Waals surface area (Å²) in [5, 5.41) is 42.7. The fraction of sp³-hybridized carbons (Fsp3) is 0.236. The summed E-state index contributed by atoms with van der Waals surface area (Å²) < 4.78 is 92.8. The third kappa shape index (κ3) is 22.7. The number of phenols is 4. The van der Waals surface area contributed by atoms with Crippen molar-refractivity contribution in [3.05, 3.63) is 354 Å². The molecule has 0 bridgehead atoms. The molecule has 0 saturated carbocycles. The number of thiophene rings is 4. The minimum atomic E-state index is -0.594. The number of benzene rings is 12. The Balaban J connectivity index is 0.000000125. The van der Waals surface area contributed by atoms with Crippen LogP contribution in [0.15, 0.2) is 273 Å². The van der Waals surface area contributed by atoms with E-state index in [1.54, 1.807) is 84.9 Å². The van der Waals surface area contributed by atoms with E-state index >= 15 is 0 Å². The summed E-state index contributed by atoms with van der Waals surface area (Å²) in [6, 6.07) is 81.2. The molecule has 16 aromatic rings. The Kier molecular flexibility index (Phi) is 30.0. The van der Waals surface area contributed by atoms with Gasteiger partial charge in [0.05, 0.1) is 32.3 Å². The van der Waals surface area contributed by atoms with Crippen LogP contribution >= 0.6 is 45.3 Å². The van der Waals surface area contributed by atoms with Crippen LogP contribution < -0.4 is 18.9 Å². The molecule has 690 valence electrons. The van der Waals surface area contributed by atoms with Crippen LogP contribution in [0, 0.1) is 43.3 Å². The van der Waals surface area contributed by atoms with E-state index in [0.717, 1.165) is 163 Å². The molecule has 4 fully saturated rings. The van der Waals surface area contributed by atoms with Crippen molar-refractivity contribution < 1.29 is 80.5 Å². The van der Waals surface area contributed by atoms with Gasteiger partial charge in [-0.05, 0) is 201 Å². The molecule has 0 unspecified atom stereocenters. The molecule has 25 heteroatoms. The van der Waals surface area contributed by atoms with Crippen molar-refractivity contribution in [2.24, 2.45) is 23.7 Å². The van der Waals surface area contributed by atoms with Gasteiger partial charge in [0.25, 0.3) is 0 Å². The number of alkyl halides is 4. The number of hydrogen-bond acceptors (Lipinski definition) is 20. The first kappa shape index (κ1) is 93.8. The minimum Gasteiger partial charge on any atom is -0.508 e. The molecule has 4 saturated heterocycles. The first-order chi connectivity index (χ1) is 65.6. The van der Waals surface area contributed by atoms with Gasteiger partial charge in [-0.2, -0.15) is 0 Å². The number of fused-ring (bicyclic) bond motifs is 4. The number of halogens is 5. The Morgan fingerprint density at radius 1 is 0.311 bits per heavy atom. The van der Waals surface area contributed by atoms with E-state index in [1.807, 2.05) is 178 Å². The monoisotopic (exact) mass is 1890 g/mol. The molecule has 8 heterocycles. The van der Waals surface area contributed by atoms with Gasteiger partial charge in [0.2, 0.25) is 23.1 Å². The van der Waals surface area contributed by atoms with Crippen LogP contribution in [0.4, 0.5) is 22.0 Å². The highest BCUT2D eigenvalue weighted by Crippen LogP contribution is 2.48. The van der Waals surface area contributed by atoms with Crippen LogP contribution in [0.1, 0.15) is 94.3 Å². The Morgan fingerprint density at radius 3 is 0.874 bits per heavy atom. The van der Waals surface area contributed by atoms with Crippen molar-refractivity contribution in [2.45, 2.75) is 39.5 Å². The van der Waals surface area contributed by atoms with Gasteiger partial charge in [0.1, 0.15) is 71.3 Å². The number of ether oxygens (including phenoxy) is 4. The van der Waals surface area contributed by atoms with Crippen molar-refractivity contribution in [1.29, 1.82) is 0 Å². The smallest absolute Gasteiger partial charge is 0.209 e. The number of hydrogen-bond donors (Lipinski definition) is 4. The summed E-state index contributed by atoms with van der Waals surface area (Å²) >= 11 is 5.13. The predicted octanol–water partition coefficient (Wildman–Crippen LogP) is 25.1. The van der Waals surface area contributed by atoms with Crippen molar-refractivity contribution in [1.82, 2.24) is 19.6 Å². The molecule has 12 aromatic carbocycles. The summed E-state index contributed by atoms with van der Waals surface area (Å²) in [5.74, 6) is 4.34. The van der Waals surface area contributed by atoms with Gasteiger partial charge in [0, 0.05) is 159 Å². The summed E-state index contributed by atoms with van der Waals surface area (Å²) in [4.78, 5) is 64.1. The molecule has 0 amide bonds. The first-order valence-corrected chi connectivity index (χ1v) is 48.2. The Hall–Kier alpha value is -13.0. The first-order valence-electron chi connectivity index (χ1n) is 45.0. The molecule has 20 rings (SSSR count). The van der Waals surface area contributed by atoms with Crippen LogP contribution in [0.3, 0.4) is 0 Å². The number of aromatic hydroxyl groups is 4. The number of carbonyl (C=O) groups excluding carboxylic acids is 4. The molecule has 16 nitrogen and oxygen atoms in total. The van der Waals surface area contributed by atoms with E-state index in [-0.39, 0.29) is 101 Å². The van der Waals surface area contributed by atoms with Crippen LogP contribution in [0.2, 0.25) is 0 Å². The van der Waals surface area contributed by atoms with Gasteiger partial charge in [-0.3, -0.25) is 36.7 Å². The Morgan fingerprint density at radius 2 is 0.578 bits per heavy atom. The van der Waals surface area contributed by atoms with Gasteiger partial charge in [-0.15, -0.1) is 45.3 Å². The van der Waals surface area contributed by atoms with Gasteiger partial charge < -0.3 is 59.0 Å². The third-order valence-corrected chi connectivity index (χ3v) is 29.2. The van der Waals surface area contributed by atoms with E-state index < -0.39 is 11.6 Å². The van der Waals surface area contributed by atoms with Crippen LogP contribution in [0.5, 0.6) is 69.0 Å². The van der Waals surface area contributed by atoms with E-state index in [0.29, 0.717) is 87.4 Å². The van der Waals surface area contributed by atoms with Gasteiger partial charge in [-0.1, -0.05) is 145 Å². The van der Waals surface area contributed by atoms with Crippen molar-refractivity contribution in [3.8, 4) is 69.0 Å². The zero-order valence-corrected chi connectivity index (χ0v) is 77.6. The average Bonchev–Trinajstić information content (AvgIpc) is 1.64. The maximum absolute atomic E-state index is 14.3. The number of phenolic OH excluding ortho intramolecular Hbond substituents is 4. The largest absolute Gasteiger partial charge is 0.508 e. The molecule has 0 radical (unpaired) electrons. The zero-order chi connectivity index (χ0) is 93.8. The summed E-state index contributed by atoms with van der Waals surface area (Å²) in [6.45, 7) is 13.3. The maximum Gasteiger partial charge on any atom is 0.209 e. The summed E-state index contributed by atoms with van der Waals surface area (Å²) in [6.07, 6.45) is 3.56. The number of aryl methyl sites for hydroxylation is 2. The molecular weight excluding hydrogens is 1790 g/mol. The van der Waals surface area contributed by atoms with Crippen LogP contribution in [-0.4, -0.2) is 168 Å². The van der Waals surface area contributed by atoms with E-state index in [9.17, 15) is 61.6 Å². The zero-order valence-electron chi connectivity index (χ0n) is 74.3. The lowest BCUT2D eigenvalue weighted by atomic mass is 10.0. The van der Waals surface area contributed by atoms with Crippen molar-refractivity contribution in [3.63, 3.8) is 0 Å². The highest BCUT2D eigenvalue weighted by Gasteiger charge is 2.33. The number of nitrogens with zero attached hydrogens (tertiary/aromatic N) is 4. The molecule has 4 aromatic heterocycles. The summed E-state index contributed by atoms with van der Waals surface area (Å²) in [7, 11) is 0.